The van der Waals surface area contributed by atoms with Crippen molar-refractivity contribution in [2.75, 3.05) is 7.11 Å². The molecule has 1 heterocycles. The molecule has 0 saturated carbocycles. The maximum absolute atomic E-state index is 11.3. The summed E-state index contributed by atoms with van der Waals surface area (Å²) in [5.74, 6) is -0.177. The van der Waals surface area contributed by atoms with Gasteiger partial charge in [0.05, 0.1) is 12.7 Å². The molecule has 1 aromatic heterocycles. The minimum atomic E-state index is -1.24. The van der Waals surface area contributed by atoms with Gasteiger partial charge in [-0.15, -0.1) is 0 Å². The number of rotatable bonds is 4. The first-order chi connectivity index (χ1) is 9.13. The molecule has 5 heteroatoms. The second kappa shape index (κ2) is 5.49. The van der Waals surface area contributed by atoms with E-state index in [0.717, 1.165) is 5.56 Å². The standard InChI is InChI=1S/C14H13NO4/c1-9(14(17)18-2)13(16)11-8-12(19-15-11)10-6-4-3-5-7-10/h3-8,13,16H,1H2,2H3. The molecule has 2 rings (SSSR count). The predicted molar refractivity (Wildman–Crippen MR) is 68.1 cm³/mol. The van der Waals surface area contributed by atoms with E-state index in [0.29, 0.717) is 5.76 Å². The van der Waals surface area contributed by atoms with Crippen LogP contribution in [0.15, 0.2) is 53.1 Å². The van der Waals surface area contributed by atoms with Crippen LogP contribution in [0, 0.1) is 0 Å². The molecule has 0 aliphatic rings. The van der Waals surface area contributed by atoms with Gasteiger partial charge in [0.2, 0.25) is 0 Å². The first-order valence-corrected chi connectivity index (χ1v) is 5.60. The summed E-state index contributed by atoms with van der Waals surface area (Å²) in [6.45, 7) is 3.48. The number of benzene rings is 1. The summed E-state index contributed by atoms with van der Waals surface area (Å²) in [5.41, 5.74) is 0.960. The number of nitrogens with zero attached hydrogens (tertiary/aromatic N) is 1. The molecule has 98 valence electrons. The number of carbonyl (C=O) groups is 1. The molecule has 0 aliphatic heterocycles. The maximum atomic E-state index is 11.3. The molecule has 1 N–H and O–H groups in total. The molecule has 0 spiro atoms. The zero-order valence-corrected chi connectivity index (χ0v) is 10.4. The summed E-state index contributed by atoms with van der Waals surface area (Å²) < 4.78 is 9.62. The third-order valence-electron chi connectivity index (χ3n) is 2.64. The van der Waals surface area contributed by atoms with Crippen LogP contribution in [-0.4, -0.2) is 23.3 Å². The molecule has 2 aromatic rings. The number of esters is 1. The van der Waals surface area contributed by atoms with Crippen LogP contribution >= 0.6 is 0 Å². The van der Waals surface area contributed by atoms with Gasteiger partial charge >= 0.3 is 5.97 Å². The molecule has 0 amide bonds. The van der Waals surface area contributed by atoms with Gasteiger partial charge in [-0.2, -0.15) is 0 Å². The normalized spacial score (nSPS) is 11.9. The lowest BCUT2D eigenvalue weighted by Crippen LogP contribution is -2.12. The molecular weight excluding hydrogens is 246 g/mol. The number of carbonyl (C=O) groups excluding carboxylic acids is 1. The number of hydrogen-bond acceptors (Lipinski definition) is 5. The number of aliphatic hydroxyl groups is 1. The van der Waals surface area contributed by atoms with Crippen molar-refractivity contribution in [1.82, 2.24) is 5.16 Å². The van der Waals surface area contributed by atoms with Crippen molar-refractivity contribution in [3.05, 3.63) is 54.2 Å². The molecule has 0 bridgehead atoms. The van der Waals surface area contributed by atoms with Crippen molar-refractivity contribution in [1.29, 1.82) is 0 Å². The molecule has 1 unspecified atom stereocenters. The quantitative estimate of drug-likeness (QED) is 0.672. The van der Waals surface area contributed by atoms with Crippen LogP contribution in [0.1, 0.15) is 11.8 Å². The highest BCUT2D eigenvalue weighted by atomic mass is 16.5. The molecule has 1 aromatic carbocycles. The first kappa shape index (κ1) is 13.0. The molecular formula is C14H13NO4. The summed E-state index contributed by atoms with van der Waals surface area (Å²) >= 11 is 0. The van der Waals surface area contributed by atoms with Gasteiger partial charge in [-0.25, -0.2) is 4.79 Å². The zero-order valence-electron chi connectivity index (χ0n) is 10.4. The third kappa shape index (κ3) is 2.71. The van der Waals surface area contributed by atoms with Gasteiger partial charge in [-0.3, -0.25) is 0 Å². The molecule has 0 aliphatic carbocycles. The lowest BCUT2D eigenvalue weighted by atomic mass is 10.1. The van der Waals surface area contributed by atoms with E-state index in [1.807, 2.05) is 30.3 Å². The van der Waals surface area contributed by atoms with Crippen LogP contribution < -0.4 is 0 Å². The van der Waals surface area contributed by atoms with Crippen molar-refractivity contribution >= 4 is 5.97 Å². The maximum Gasteiger partial charge on any atom is 0.336 e. The monoisotopic (exact) mass is 259 g/mol. The molecule has 0 fully saturated rings. The van der Waals surface area contributed by atoms with E-state index >= 15 is 0 Å². The van der Waals surface area contributed by atoms with Gasteiger partial charge in [0, 0.05) is 11.6 Å². The Morgan fingerprint density at radius 2 is 2.11 bits per heavy atom. The number of aromatic nitrogens is 1. The second-order valence-electron chi connectivity index (χ2n) is 3.90. The van der Waals surface area contributed by atoms with E-state index in [2.05, 4.69) is 16.5 Å². The van der Waals surface area contributed by atoms with E-state index in [9.17, 15) is 9.90 Å². The van der Waals surface area contributed by atoms with Crippen molar-refractivity contribution in [3.63, 3.8) is 0 Å². The third-order valence-corrected chi connectivity index (χ3v) is 2.64. The molecule has 1 atom stereocenters. The average molecular weight is 259 g/mol. The lowest BCUT2D eigenvalue weighted by molar-refractivity contribution is -0.137. The SMILES string of the molecule is C=C(C(=O)OC)C(O)c1cc(-c2ccccc2)on1. The Morgan fingerprint density at radius 3 is 2.74 bits per heavy atom. The molecule has 19 heavy (non-hydrogen) atoms. The fraction of sp³-hybridized carbons (Fsp3) is 0.143. The minimum absolute atomic E-state index is 0.0876. The van der Waals surface area contributed by atoms with Crippen LogP contribution in [0.4, 0.5) is 0 Å². The van der Waals surface area contributed by atoms with Gasteiger partial charge in [0.15, 0.2) is 5.76 Å². The van der Waals surface area contributed by atoms with Crippen molar-refractivity contribution < 1.29 is 19.2 Å². The molecule has 0 radical (unpaired) electrons. The Kier molecular flexibility index (Phi) is 3.77. The number of methoxy groups -OCH3 is 1. The second-order valence-corrected chi connectivity index (χ2v) is 3.90. The van der Waals surface area contributed by atoms with E-state index in [1.54, 1.807) is 6.07 Å². The Labute approximate surface area is 110 Å². The fourth-order valence-corrected chi connectivity index (χ4v) is 1.58. The zero-order chi connectivity index (χ0) is 13.8. The Bertz CT molecular complexity index is 589. The highest BCUT2D eigenvalue weighted by Gasteiger charge is 2.22. The van der Waals surface area contributed by atoms with Crippen LogP contribution in [-0.2, 0) is 9.53 Å². The van der Waals surface area contributed by atoms with Crippen molar-refractivity contribution in [2.24, 2.45) is 0 Å². The number of hydrogen-bond donors (Lipinski definition) is 1. The van der Waals surface area contributed by atoms with Gasteiger partial charge in [-0.1, -0.05) is 42.1 Å². The number of aliphatic hydroxyl groups excluding tert-OH is 1. The van der Waals surface area contributed by atoms with Crippen LogP contribution in [0.2, 0.25) is 0 Å². The Morgan fingerprint density at radius 1 is 1.42 bits per heavy atom. The van der Waals surface area contributed by atoms with Crippen LogP contribution in [0.25, 0.3) is 11.3 Å². The van der Waals surface area contributed by atoms with Crippen molar-refractivity contribution in [2.45, 2.75) is 6.10 Å². The topological polar surface area (TPSA) is 72.6 Å². The predicted octanol–water partition coefficient (Wildman–Crippen LogP) is 2.10. The summed E-state index contributed by atoms with van der Waals surface area (Å²) in [7, 11) is 1.22. The van der Waals surface area contributed by atoms with E-state index in [1.165, 1.54) is 7.11 Å². The fourth-order valence-electron chi connectivity index (χ4n) is 1.58. The summed E-state index contributed by atoms with van der Waals surface area (Å²) in [6, 6.07) is 10.9. The highest BCUT2D eigenvalue weighted by molar-refractivity contribution is 5.88. The van der Waals surface area contributed by atoms with E-state index in [-0.39, 0.29) is 11.3 Å². The van der Waals surface area contributed by atoms with Gasteiger partial charge in [0.25, 0.3) is 0 Å². The molecule has 0 saturated heterocycles. The first-order valence-electron chi connectivity index (χ1n) is 5.60. The minimum Gasteiger partial charge on any atom is -0.466 e. The van der Waals surface area contributed by atoms with E-state index < -0.39 is 12.1 Å². The van der Waals surface area contributed by atoms with Gasteiger partial charge in [-0.05, 0) is 0 Å². The van der Waals surface area contributed by atoms with E-state index in [4.69, 9.17) is 4.52 Å². The molecule has 5 nitrogen and oxygen atoms in total. The van der Waals surface area contributed by atoms with Gasteiger partial charge in [0.1, 0.15) is 11.8 Å². The van der Waals surface area contributed by atoms with Crippen molar-refractivity contribution in [3.8, 4) is 11.3 Å². The highest BCUT2D eigenvalue weighted by Crippen LogP contribution is 2.26. The lowest BCUT2D eigenvalue weighted by Gasteiger charge is -2.07. The van der Waals surface area contributed by atoms with Crippen LogP contribution in [0.3, 0.4) is 0 Å². The summed E-state index contributed by atoms with van der Waals surface area (Å²) in [4.78, 5) is 11.3. The Hall–Kier alpha value is -2.40. The summed E-state index contributed by atoms with van der Waals surface area (Å²) in [5, 5.41) is 13.7. The summed E-state index contributed by atoms with van der Waals surface area (Å²) in [6.07, 6.45) is -1.24. The Balaban J connectivity index is 2.22. The smallest absolute Gasteiger partial charge is 0.336 e. The van der Waals surface area contributed by atoms with Crippen LogP contribution in [0.5, 0.6) is 0 Å². The number of ether oxygens (including phenoxy) is 1. The average Bonchev–Trinajstić information content (AvgIpc) is 2.95. The van der Waals surface area contributed by atoms with Gasteiger partial charge < -0.3 is 14.4 Å². The largest absolute Gasteiger partial charge is 0.466 e.